The third-order valence-electron chi connectivity index (χ3n) is 3.17. The van der Waals surface area contributed by atoms with E-state index < -0.39 is 29.0 Å². The van der Waals surface area contributed by atoms with Crippen LogP contribution in [-0.2, 0) is 9.59 Å². The summed E-state index contributed by atoms with van der Waals surface area (Å²) < 4.78 is 13.7. The van der Waals surface area contributed by atoms with E-state index in [9.17, 15) is 24.1 Å². The largest absolute Gasteiger partial charge is 0.479 e. The van der Waals surface area contributed by atoms with Gasteiger partial charge < -0.3 is 10.2 Å². The van der Waals surface area contributed by atoms with E-state index in [4.69, 9.17) is 10.2 Å². The molecule has 0 fully saturated rings. The van der Waals surface area contributed by atoms with Crippen molar-refractivity contribution < 1.29 is 29.1 Å². The van der Waals surface area contributed by atoms with Crippen LogP contribution in [0.2, 0.25) is 0 Å². The summed E-state index contributed by atoms with van der Waals surface area (Å²) in [5.74, 6) is -2.95. The van der Waals surface area contributed by atoms with Gasteiger partial charge in [0.15, 0.2) is 0 Å². The van der Waals surface area contributed by atoms with Gasteiger partial charge in [0, 0.05) is 24.1 Å². The quantitative estimate of drug-likeness (QED) is 0.652. The fourth-order valence-electron chi connectivity index (χ4n) is 1.76. The van der Waals surface area contributed by atoms with E-state index in [1.54, 1.807) is 18.2 Å². The lowest BCUT2D eigenvalue weighted by molar-refractivity contribution is -0.384. The Morgan fingerprint density at radius 1 is 1.22 bits per heavy atom. The normalized spacial score (nSPS) is 19.6. The molecule has 2 N–H and O–H groups in total. The number of allylic oxidation sites excluding steroid dienone is 2. The number of hydrogen-bond donors (Lipinski definition) is 2. The molecule has 0 radical (unpaired) electrons. The van der Waals surface area contributed by atoms with E-state index in [2.05, 4.69) is 0 Å². The highest BCUT2D eigenvalue weighted by atomic mass is 19.1. The summed E-state index contributed by atoms with van der Waals surface area (Å²) in [5, 5.41) is 27.2. The predicted molar refractivity (Wildman–Crippen MR) is 78.7 cm³/mol. The summed E-state index contributed by atoms with van der Waals surface area (Å²) >= 11 is 0. The van der Waals surface area contributed by atoms with Crippen molar-refractivity contribution >= 4 is 17.6 Å². The number of alkyl halides is 1. The van der Waals surface area contributed by atoms with Gasteiger partial charge in [-0.3, -0.25) is 10.1 Å². The molecule has 8 heteroatoms. The summed E-state index contributed by atoms with van der Waals surface area (Å²) in [4.78, 5) is 30.7. The van der Waals surface area contributed by atoms with Crippen molar-refractivity contribution in [3.05, 3.63) is 63.7 Å². The van der Waals surface area contributed by atoms with Gasteiger partial charge in [-0.15, -0.1) is 0 Å². The molecule has 1 aliphatic carbocycles. The maximum Gasteiger partial charge on any atom is 0.346 e. The number of hydrogen-bond acceptors (Lipinski definition) is 4. The van der Waals surface area contributed by atoms with Crippen LogP contribution in [0, 0.1) is 10.1 Å². The Labute approximate surface area is 130 Å². The summed E-state index contributed by atoms with van der Waals surface area (Å²) in [7, 11) is 0. The molecular formula is C15H14FNO6. The lowest BCUT2D eigenvalue weighted by Crippen LogP contribution is -2.37. The van der Waals surface area contributed by atoms with Crippen molar-refractivity contribution in [2.45, 2.75) is 19.0 Å². The zero-order chi connectivity index (χ0) is 17.6. The first-order valence-corrected chi connectivity index (χ1v) is 6.41. The van der Waals surface area contributed by atoms with E-state index >= 15 is 0 Å². The van der Waals surface area contributed by atoms with Crippen molar-refractivity contribution in [1.29, 1.82) is 0 Å². The second kappa shape index (κ2) is 7.30. The van der Waals surface area contributed by atoms with Crippen LogP contribution in [0.3, 0.4) is 0 Å². The van der Waals surface area contributed by atoms with Gasteiger partial charge in [0.1, 0.15) is 0 Å². The molecule has 2 rings (SSSR count). The highest BCUT2D eigenvalue weighted by Crippen LogP contribution is 2.33. The van der Waals surface area contributed by atoms with Crippen LogP contribution in [0.1, 0.15) is 13.3 Å². The number of nitro benzene ring substituents is 1. The topological polar surface area (TPSA) is 118 Å². The average Bonchev–Trinajstić information content (AvgIpc) is 2.51. The lowest BCUT2D eigenvalue weighted by Gasteiger charge is -2.24. The number of para-hydroxylation sites is 1. The van der Waals surface area contributed by atoms with Crippen molar-refractivity contribution in [1.82, 2.24) is 0 Å². The third-order valence-corrected chi connectivity index (χ3v) is 3.17. The number of non-ortho nitro benzene ring substituents is 1. The van der Waals surface area contributed by atoms with Crippen molar-refractivity contribution in [3.63, 3.8) is 0 Å². The van der Waals surface area contributed by atoms with Crippen LogP contribution in [0.5, 0.6) is 0 Å². The molecule has 122 valence electrons. The Hall–Kier alpha value is -3.03. The number of rotatable bonds is 3. The maximum absolute atomic E-state index is 13.7. The van der Waals surface area contributed by atoms with Gasteiger partial charge in [-0.25, -0.2) is 14.0 Å². The van der Waals surface area contributed by atoms with Crippen molar-refractivity contribution in [2.24, 2.45) is 0 Å². The molecule has 7 nitrogen and oxygen atoms in total. The van der Waals surface area contributed by atoms with Crippen LogP contribution in [0.4, 0.5) is 10.1 Å². The Morgan fingerprint density at radius 2 is 1.78 bits per heavy atom. The monoisotopic (exact) mass is 323 g/mol. The van der Waals surface area contributed by atoms with Gasteiger partial charge in [0.05, 0.1) is 4.92 Å². The first kappa shape index (κ1) is 18.0. The second-order valence-corrected chi connectivity index (χ2v) is 4.72. The van der Waals surface area contributed by atoms with Crippen LogP contribution < -0.4 is 0 Å². The van der Waals surface area contributed by atoms with Crippen LogP contribution >= 0.6 is 0 Å². The SMILES string of the molecule is CC1=CC=C(C(=O)O)CC1(F)C(=O)O.O=[N+]([O-])c1ccccc1. The number of halogens is 1. The first-order valence-electron chi connectivity index (χ1n) is 6.41. The van der Waals surface area contributed by atoms with Gasteiger partial charge in [0.25, 0.3) is 5.69 Å². The molecule has 0 aliphatic heterocycles. The molecule has 1 atom stereocenters. The van der Waals surface area contributed by atoms with Crippen molar-refractivity contribution in [2.75, 3.05) is 0 Å². The van der Waals surface area contributed by atoms with Crippen molar-refractivity contribution in [3.8, 4) is 0 Å². The number of benzene rings is 1. The fraction of sp³-hybridized carbons (Fsp3) is 0.200. The third kappa shape index (κ3) is 4.47. The average molecular weight is 323 g/mol. The number of nitro groups is 1. The Balaban J connectivity index is 0.000000253. The number of carbonyl (C=O) groups is 2. The number of nitrogens with zero attached hydrogens (tertiary/aromatic N) is 1. The summed E-state index contributed by atoms with van der Waals surface area (Å²) in [6.07, 6.45) is 1.78. The highest BCUT2D eigenvalue weighted by Gasteiger charge is 2.43. The minimum absolute atomic E-state index is 0.00926. The molecule has 1 unspecified atom stereocenters. The molecular weight excluding hydrogens is 309 g/mol. The van der Waals surface area contributed by atoms with Crippen LogP contribution in [0.15, 0.2) is 53.6 Å². The predicted octanol–water partition coefficient (Wildman–Crippen LogP) is 2.74. The second-order valence-electron chi connectivity index (χ2n) is 4.72. The molecule has 0 saturated heterocycles. The smallest absolute Gasteiger partial charge is 0.346 e. The summed E-state index contributed by atoms with van der Waals surface area (Å²) in [5.41, 5.74) is -2.67. The fourth-order valence-corrected chi connectivity index (χ4v) is 1.76. The van der Waals surface area contributed by atoms with E-state index in [0.717, 1.165) is 0 Å². The lowest BCUT2D eigenvalue weighted by atomic mass is 9.85. The standard InChI is InChI=1S/C9H9FO4.C6H5NO2/c1-5-2-3-6(7(11)12)4-9(5,10)8(13)14;8-7(9)6-4-2-1-3-5-6/h2-3H,4H2,1H3,(H,11,12)(H,13,14);1-5H. The van der Waals surface area contributed by atoms with Gasteiger partial charge in [-0.1, -0.05) is 30.4 Å². The highest BCUT2D eigenvalue weighted by molar-refractivity contribution is 5.91. The number of carboxylic acids is 2. The molecule has 0 heterocycles. The Morgan fingerprint density at radius 3 is 2.17 bits per heavy atom. The maximum atomic E-state index is 13.7. The molecule has 0 aromatic heterocycles. The minimum atomic E-state index is -2.58. The van der Waals surface area contributed by atoms with E-state index in [1.807, 2.05) is 0 Å². The molecule has 0 saturated carbocycles. The summed E-state index contributed by atoms with van der Waals surface area (Å²) in [6.45, 7) is 1.32. The van der Waals surface area contributed by atoms with Gasteiger partial charge in [-0.2, -0.15) is 0 Å². The molecule has 0 spiro atoms. The van der Waals surface area contributed by atoms with Crippen LogP contribution in [0.25, 0.3) is 0 Å². The van der Waals surface area contributed by atoms with Crippen LogP contribution in [-0.4, -0.2) is 32.7 Å². The Bertz CT molecular complexity index is 682. The number of aliphatic carboxylic acids is 2. The molecule has 23 heavy (non-hydrogen) atoms. The van der Waals surface area contributed by atoms with E-state index in [0.29, 0.717) is 0 Å². The minimum Gasteiger partial charge on any atom is -0.479 e. The Kier molecular flexibility index (Phi) is 5.72. The van der Waals surface area contributed by atoms with Gasteiger partial charge in [0.2, 0.25) is 5.67 Å². The molecule has 0 amide bonds. The number of carboxylic acid groups (broad SMARTS) is 2. The van der Waals surface area contributed by atoms with Gasteiger partial charge in [-0.05, 0) is 12.5 Å². The van der Waals surface area contributed by atoms with Gasteiger partial charge >= 0.3 is 11.9 Å². The molecule has 1 aliphatic rings. The zero-order valence-corrected chi connectivity index (χ0v) is 12.1. The first-order chi connectivity index (χ1) is 10.7. The molecule has 1 aromatic carbocycles. The van der Waals surface area contributed by atoms with E-state index in [-0.39, 0.29) is 16.8 Å². The summed E-state index contributed by atoms with van der Waals surface area (Å²) in [6, 6.07) is 7.93. The zero-order valence-electron chi connectivity index (χ0n) is 12.1. The molecule has 1 aromatic rings. The van der Waals surface area contributed by atoms with E-state index in [1.165, 1.54) is 31.2 Å². The molecule has 0 bridgehead atoms.